The van der Waals surface area contributed by atoms with Crippen molar-refractivity contribution in [3.8, 4) is 0 Å². The van der Waals surface area contributed by atoms with Crippen LogP contribution in [-0.2, 0) is 6.42 Å². The monoisotopic (exact) mass is 309 g/mol. The van der Waals surface area contributed by atoms with Crippen molar-refractivity contribution in [3.05, 3.63) is 56.2 Å². The van der Waals surface area contributed by atoms with Crippen molar-refractivity contribution in [2.45, 2.75) is 19.4 Å². The number of rotatable bonds is 4. The molecule has 0 radical (unpaired) electrons. The maximum Gasteiger partial charge on any atom is 0.0464 e. The highest BCUT2D eigenvalue weighted by Crippen LogP contribution is 2.31. The van der Waals surface area contributed by atoms with E-state index in [2.05, 4.69) is 63.9 Å². The van der Waals surface area contributed by atoms with Crippen LogP contribution in [0.5, 0.6) is 0 Å². The minimum absolute atomic E-state index is 0.380. The molecule has 90 valence electrons. The van der Waals surface area contributed by atoms with Gasteiger partial charge in [-0.25, -0.2) is 0 Å². The molecular weight excluding hydrogens is 294 g/mol. The molecule has 1 aromatic heterocycles. The molecule has 0 spiro atoms. The molecule has 0 aliphatic heterocycles. The smallest absolute Gasteiger partial charge is 0.0464 e. The summed E-state index contributed by atoms with van der Waals surface area (Å²) in [5, 5.41) is 5.53. The molecule has 0 amide bonds. The summed E-state index contributed by atoms with van der Waals surface area (Å²) in [6, 6.07) is 11.1. The summed E-state index contributed by atoms with van der Waals surface area (Å²) in [6.45, 7) is 2.17. The summed E-state index contributed by atoms with van der Waals surface area (Å²) < 4.78 is 1.20. The number of halogens is 1. The molecule has 1 atom stereocenters. The average molecular weight is 310 g/mol. The second kappa shape index (κ2) is 5.80. The van der Waals surface area contributed by atoms with Gasteiger partial charge >= 0.3 is 0 Å². The van der Waals surface area contributed by atoms with Gasteiger partial charge in [0, 0.05) is 15.4 Å². The largest absolute Gasteiger partial charge is 0.312 e. The van der Waals surface area contributed by atoms with Gasteiger partial charge in [0.25, 0.3) is 0 Å². The molecule has 0 fully saturated rings. The molecule has 2 aromatic rings. The van der Waals surface area contributed by atoms with Crippen LogP contribution in [-0.4, -0.2) is 7.05 Å². The topological polar surface area (TPSA) is 12.0 Å². The third-order valence-electron chi connectivity index (χ3n) is 3.00. The second-order valence-electron chi connectivity index (χ2n) is 4.10. The van der Waals surface area contributed by atoms with Gasteiger partial charge in [-0.2, -0.15) is 0 Å². The highest BCUT2D eigenvalue weighted by molar-refractivity contribution is 9.10. The number of nitrogens with one attached hydrogen (secondary N) is 1. The van der Waals surface area contributed by atoms with Gasteiger partial charge in [0.15, 0.2) is 0 Å². The molecule has 2 rings (SSSR count). The predicted octanol–water partition coefficient (Wildman–Crippen LogP) is 4.32. The lowest BCUT2D eigenvalue weighted by Gasteiger charge is -2.16. The standard InChI is InChI=1S/C14H16BrNS/c1-10-5-3-4-6-11(10)9-13(16-2)14-12(15)7-8-17-14/h3-8,13,16H,9H2,1-2H3. The zero-order valence-corrected chi connectivity index (χ0v) is 12.4. The molecule has 17 heavy (non-hydrogen) atoms. The molecule has 0 saturated heterocycles. The van der Waals surface area contributed by atoms with Gasteiger partial charge in [-0.1, -0.05) is 24.3 Å². The number of hydrogen-bond acceptors (Lipinski definition) is 2. The third kappa shape index (κ3) is 2.97. The Bertz CT molecular complexity index is 492. The summed E-state index contributed by atoms with van der Waals surface area (Å²) in [5.74, 6) is 0. The summed E-state index contributed by atoms with van der Waals surface area (Å²) in [5.41, 5.74) is 2.77. The second-order valence-corrected chi connectivity index (χ2v) is 5.91. The van der Waals surface area contributed by atoms with Crippen LogP contribution in [0.25, 0.3) is 0 Å². The summed E-state index contributed by atoms with van der Waals surface area (Å²) >= 11 is 5.41. The lowest BCUT2D eigenvalue weighted by Crippen LogP contribution is -2.18. The summed E-state index contributed by atoms with van der Waals surface area (Å²) in [4.78, 5) is 1.37. The van der Waals surface area contributed by atoms with E-state index in [-0.39, 0.29) is 0 Å². The molecule has 0 bridgehead atoms. The lowest BCUT2D eigenvalue weighted by molar-refractivity contribution is 0.598. The van der Waals surface area contributed by atoms with Crippen LogP contribution < -0.4 is 5.32 Å². The zero-order valence-electron chi connectivity index (χ0n) is 10.0. The highest BCUT2D eigenvalue weighted by Gasteiger charge is 2.15. The first-order chi connectivity index (χ1) is 8.22. The molecule has 1 N–H and O–H groups in total. The van der Waals surface area contributed by atoms with Crippen molar-refractivity contribution < 1.29 is 0 Å². The van der Waals surface area contributed by atoms with Crippen molar-refractivity contribution in [1.29, 1.82) is 0 Å². The van der Waals surface area contributed by atoms with Gasteiger partial charge in [-0.05, 0) is 58.9 Å². The minimum Gasteiger partial charge on any atom is -0.312 e. The van der Waals surface area contributed by atoms with E-state index in [9.17, 15) is 0 Å². The van der Waals surface area contributed by atoms with Crippen LogP contribution in [0.4, 0.5) is 0 Å². The SMILES string of the molecule is CNC(Cc1ccccc1C)c1sccc1Br. The fourth-order valence-electron chi connectivity index (χ4n) is 1.94. The fraction of sp³-hybridized carbons (Fsp3) is 0.286. The van der Waals surface area contributed by atoms with Gasteiger partial charge in [0.05, 0.1) is 0 Å². The van der Waals surface area contributed by atoms with Crippen molar-refractivity contribution >= 4 is 27.3 Å². The molecule has 0 aliphatic carbocycles. The van der Waals surface area contributed by atoms with Crippen molar-refractivity contribution in [1.82, 2.24) is 5.32 Å². The van der Waals surface area contributed by atoms with Crippen LogP contribution in [0, 0.1) is 6.92 Å². The van der Waals surface area contributed by atoms with E-state index >= 15 is 0 Å². The van der Waals surface area contributed by atoms with E-state index in [1.165, 1.54) is 20.5 Å². The van der Waals surface area contributed by atoms with Gasteiger partial charge in [0.1, 0.15) is 0 Å². The molecule has 3 heteroatoms. The number of benzene rings is 1. The fourth-order valence-corrected chi connectivity index (χ4v) is 3.70. The first-order valence-electron chi connectivity index (χ1n) is 5.67. The first kappa shape index (κ1) is 12.8. The number of aryl methyl sites for hydroxylation is 1. The van der Waals surface area contributed by atoms with Gasteiger partial charge in [-0.3, -0.25) is 0 Å². The Kier molecular flexibility index (Phi) is 4.37. The summed E-state index contributed by atoms with van der Waals surface area (Å²) in [6.07, 6.45) is 1.03. The van der Waals surface area contributed by atoms with Crippen LogP contribution in [0.1, 0.15) is 22.0 Å². The maximum atomic E-state index is 3.61. The Hall–Kier alpha value is -0.640. The van der Waals surface area contributed by atoms with E-state index in [0.29, 0.717) is 6.04 Å². The summed E-state index contributed by atoms with van der Waals surface area (Å²) in [7, 11) is 2.02. The minimum atomic E-state index is 0.380. The van der Waals surface area contributed by atoms with Crippen molar-refractivity contribution in [2.24, 2.45) is 0 Å². The molecule has 1 unspecified atom stereocenters. The quantitative estimate of drug-likeness (QED) is 0.886. The normalized spacial score (nSPS) is 12.6. The van der Waals surface area contributed by atoms with Gasteiger partial charge < -0.3 is 5.32 Å². The van der Waals surface area contributed by atoms with Crippen LogP contribution in [0.15, 0.2) is 40.2 Å². The molecular formula is C14H16BrNS. The molecule has 1 heterocycles. The van der Waals surface area contributed by atoms with Crippen molar-refractivity contribution in [3.63, 3.8) is 0 Å². The van der Waals surface area contributed by atoms with Gasteiger partial charge in [-0.15, -0.1) is 11.3 Å². The highest BCUT2D eigenvalue weighted by atomic mass is 79.9. The van der Waals surface area contributed by atoms with E-state index < -0.39 is 0 Å². The van der Waals surface area contributed by atoms with Gasteiger partial charge in [0.2, 0.25) is 0 Å². The Labute approximate surface area is 115 Å². The van der Waals surface area contributed by atoms with Crippen molar-refractivity contribution in [2.75, 3.05) is 7.05 Å². The lowest BCUT2D eigenvalue weighted by atomic mass is 10.0. The number of likely N-dealkylation sites (N-methyl/N-ethyl adjacent to an activating group) is 1. The number of thiophene rings is 1. The first-order valence-corrected chi connectivity index (χ1v) is 7.34. The Balaban J connectivity index is 2.22. The van der Waals surface area contributed by atoms with E-state index in [1.54, 1.807) is 11.3 Å². The molecule has 0 aliphatic rings. The Morgan fingerprint density at radius 2 is 2.06 bits per heavy atom. The molecule has 1 nitrogen and oxygen atoms in total. The van der Waals surface area contributed by atoms with Crippen LogP contribution in [0.2, 0.25) is 0 Å². The van der Waals surface area contributed by atoms with E-state index in [4.69, 9.17) is 0 Å². The Morgan fingerprint density at radius 1 is 1.29 bits per heavy atom. The zero-order chi connectivity index (χ0) is 12.3. The van der Waals surface area contributed by atoms with Crippen LogP contribution >= 0.6 is 27.3 Å². The van der Waals surface area contributed by atoms with E-state index in [0.717, 1.165) is 6.42 Å². The molecule has 0 saturated carbocycles. The van der Waals surface area contributed by atoms with Crippen LogP contribution in [0.3, 0.4) is 0 Å². The maximum absolute atomic E-state index is 3.61. The predicted molar refractivity (Wildman–Crippen MR) is 78.7 cm³/mol. The Morgan fingerprint density at radius 3 is 2.65 bits per heavy atom. The van der Waals surface area contributed by atoms with E-state index in [1.807, 2.05) is 7.05 Å². The number of hydrogen-bond donors (Lipinski definition) is 1. The molecule has 1 aromatic carbocycles. The third-order valence-corrected chi connectivity index (χ3v) is 4.98. The average Bonchev–Trinajstić information content (AvgIpc) is 2.75.